The zero-order valence-corrected chi connectivity index (χ0v) is 26.1. The number of hydrogen-bond donors (Lipinski definition) is 3. The summed E-state index contributed by atoms with van der Waals surface area (Å²) in [5.74, 6) is -0.550. The van der Waals surface area contributed by atoms with E-state index in [2.05, 4.69) is 25.9 Å². The predicted octanol–water partition coefficient (Wildman–Crippen LogP) is 2.16. The molecule has 0 spiro atoms. The summed E-state index contributed by atoms with van der Waals surface area (Å²) in [6, 6.07) is 8.64. The fourth-order valence-electron chi connectivity index (χ4n) is 6.91. The van der Waals surface area contributed by atoms with Gasteiger partial charge in [-0.1, -0.05) is 50.5 Å². The second-order valence-corrected chi connectivity index (χ2v) is 12.5. The van der Waals surface area contributed by atoms with Gasteiger partial charge in [0.1, 0.15) is 17.8 Å². The molecule has 3 aliphatic rings. The van der Waals surface area contributed by atoms with Crippen LogP contribution in [0, 0.1) is 5.92 Å². The number of carbonyl (C=O) groups is 4. The summed E-state index contributed by atoms with van der Waals surface area (Å²) in [5, 5.41) is 13.1. The predicted molar refractivity (Wildman–Crippen MR) is 166 cm³/mol. The van der Waals surface area contributed by atoms with Gasteiger partial charge in [0, 0.05) is 58.3 Å². The van der Waals surface area contributed by atoms with Crippen LogP contribution in [0.2, 0.25) is 0 Å². The highest BCUT2D eigenvalue weighted by Gasteiger charge is 2.35. The first-order chi connectivity index (χ1) is 21.3. The van der Waals surface area contributed by atoms with E-state index in [1.165, 1.54) is 11.1 Å². The van der Waals surface area contributed by atoms with Crippen molar-refractivity contribution >= 4 is 23.6 Å². The van der Waals surface area contributed by atoms with Crippen molar-refractivity contribution in [3.8, 4) is 0 Å². The Morgan fingerprint density at radius 1 is 0.909 bits per heavy atom. The maximum atomic E-state index is 13.6. The molecule has 3 N–H and O–H groups in total. The Bertz CT molecular complexity index is 1300. The van der Waals surface area contributed by atoms with E-state index in [1.807, 2.05) is 29.2 Å². The van der Waals surface area contributed by atoms with E-state index in [4.69, 9.17) is 0 Å². The molecule has 1 saturated carbocycles. The third kappa shape index (κ3) is 7.85. The Balaban J connectivity index is 1.19. The van der Waals surface area contributed by atoms with E-state index in [0.717, 1.165) is 69.3 Å². The number of piperazine rings is 1. The first kappa shape index (κ1) is 31.7. The molecule has 3 atom stereocenters. The molecule has 4 amide bonds. The number of aryl methyl sites for hydroxylation is 1. The SMILES string of the molecule is CCC(=O)N[C@H](Cc1ccc(CNC(=O)[C@@H](NC(=O)c2ccnn2C)C2CCCCC2)cc1)C(=O)N1CCN2CCC[C@@H]2C1. The number of aromatic nitrogens is 2. The van der Waals surface area contributed by atoms with Crippen LogP contribution in [0.3, 0.4) is 0 Å². The maximum Gasteiger partial charge on any atom is 0.270 e. The molecule has 1 aromatic carbocycles. The van der Waals surface area contributed by atoms with Gasteiger partial charge in [-0.15, -0.1) is 0 Å². The molecule has 3 fully saturated rings. The van der Waals surface area contributed by atoms with E-state index in [1.54, 1.807) is 26.2 Å². The molecule has 5 rings (SSSR count). The Hall–Kier alpha value is -3.73. The Labute approximate surface area is 260 Å². The third-order valence-electron chi connectivity index (χ3n) is 9.53. The zero-order chi connectivity index (χ0) is 31.1. The summed E-state index contributed by atoms with van der Waals surface area (Å²) in [5.41, 5.74) is 2.28. The van der Waals surface area contributed by atoms with E-state index in [9.17, 15) is 19.2 Å². The van der Waals surface area contributed by atoms with Gasteiger partial charge in [-0.25, -0.2) is 0 Å². The average Bonchev–Trinajstić information content (AvgIpc) is 3.71. The smallest absolute Gasteiger partial charge is 0.270 e. The number of fused-ring (bicyclic) bond motifs is 1. The van der Waals surface area contributed by atoms with Crippen LogP contribution in [-0.2, 0) is 34.4 Å². The topological polar surface area (TPSA) is 129 Å². The standard InChI is InChI=1S/C33H47N7O4/c1-3-29(41)36-27(33(44)40-19-18-39-17-7-10-26(39)22-40)20-23-11-13-24(14-12-23)21-34-32(43)30(25-8-5-4-6-9-25)37-31(42)28-15-16-35-38(28)2/h11-16,25-27,30H,3-10,17-22H2,1-2H3,(H,34,43)(H,36,41)(H,37,42)/t26-,27-,30+/m1/s1. The lowest BCUT2D eigenvalue weighted by molar-refractivity contribution is -0.138. The summed E-state index contributed by atoms with van der Waals surface area (Å²) in [6.45, 7) is 5.53. The number of carbonyl (C=O) groups excluding carboxylic acids is 4. The van der Waals surface area contributed by atoms with Crippen LogP contribution in [0.15, 0.2) is 36.5 Å². The highest BCUT2D eigenvalue weighted by Crippen LogP contribution is 2.27. The van der Waals surface area contributed by atoms with Crippen molar-refractivity contribution in [3.05, 3.63) is 53.3 Å². The number of benzene rings is 1. The molecule has 2 aromatic rings. The van der Waals surface area contributed by atoms with Gasteiger partial charge in [-0.2, -0.15) is 5.10 Å². The van der Waals surface area contributed by atoms with Crippen LogP contribution in [0.4, 0.5) is 0 Å². The van der Waals surface area contributed by atoms with Crippen LogP contribution >= 0.6 is 0 Å². The largest absolute Gasteiger partial charge is 0.350 e. The normalized spacial score (nSPS) is 20.4. The molecule has 3 heterocycles. The van der Waals surface area contributed by atoms with Crippen molar-refractivity contribution in [2.75, 3.05) is 26.2 Å². The lowest BCUT2D eigenvalue weighted by Crippen LogP contribution is -2.57. The first-order valence-electron chi connectivity index (χ1n) is 16.3. The number of nitrogens with one attached hydrogen (secondary N) is 3. The summed E-state index contributed by atoms with van der Waals surface area (Å²) >= 11 is 0. The van der Waals surface area contributed by atoms with Crippen molar-refractivity contribution in [2.45, 2.75) is 89.4 Å². The van der Waals surface area contributed by atoms with Crippen LogP contribution in [0.1, 0.15) is 79.9 Å². The second-order valence-electron chi connectivity index (χ2n) is 12.5. The molecular weight excluding hydrogens is 558 g/mol. The second kappa shape index (κ2) is 14.8. The minimum Gasteiger partial charge on any atom is -0.350 e. The minimum absolute atomic E-state index is 0.0170. The van der Waals surface area contributed by atoms with Gasteiger partial charge in [0.05, 0.1) is 0 Å². The van der Waals surface area contributed by atoms with Crippen molar-refractivity contribution in [1.82, 2.24) is 35.5 Å². The molecular formula is C33H47N7O4. The van der Waals surface area contributed by atoms with Gasteiger partial charge >= 0.3 is 0 Å². The van der Waals surface area contributed by atoms with Crippen molar-refractivity contribution in [1.29, 1.82) is 0 Å². The Morgan fingerprint density at radius 2 is 1.66 bits per heavy atom. The fraction of sp³-hybridized carbons (Fsp3) is 0.606. The summed E-state index contributed by atoms with van der Waals surface area (Å²) in [6.07, 6.45) is 9.66. The molecule has 44 heavy (non-hydrogen) atoms. The van der Waals surface area contributed by atoms with Crippen LogP contribution in [-0.4, -0.2) is 87.5 Å². The summed E-state index contributed by atoms with van der Waals surface area (Å²) in [4.78, 5) is 56.7. The van der Waals surface area contributed by atoms with Crippen molar-refractivity contribution < 1.29 is 19.2 Å². The summed E-state index contributed by atoms with van der Waals surface area (Å²) < 4.78 is 1.51. The van der Waals surface area contributed by atoms with Gasteiger partial charge in [-0.05, 0) is 55.3 Å². The highest BCUT2D eigenvalue weighted by molar-refractivity contribution is 5.96. The monoisotopic (exact) mass is 605 g/mol. The number of rotatable bonds is 11. The first-order valence-corrected chi connectivity index (χ1v) is 16.3. The van der Waals surface area contributed by atoms with Gasteiger partial charge in [0.25, 0.3) is 5.91 Å². The number of hydrogen-bond acceptors (Lipinski definition) is 6. The Morgan fingerprint density at radius 3 is 2.36 bits per heavy atom. The van der Waals surface area contributed by atoms with Crippen molar-refractivity contribution in [2.24, 2.45) is 13.0 Å². The lowest BCUT2D eigenvalue weighted by atomic mass is 9.83. The maximum absolute atomic E-state index is 13.6. The minimum atomic E-state index is -0.614. The van der Waals surface area contributed by atoms with Gasteiger partial charge in [-0.3, -0.25) is 28.8 Å². The van der Waals surface area contributed by atoms with Gasteiger partial charge in [0.2, 0.25) is 17.7 Å². The average molecular weight is 606 g/mol. The van der Waals surface area contributed by atoms with E-state index in [0.29, 0.717) is 37.7 Å². The highest BCUT2D eigenvalue weighted by atomic mass is 16.2. The zero-order valence-electron chi connectivity index (χ0n) is 26.1. The van der Waals surface area contributed by atoms with Crippen LogP contribution < -0.4 is 16.0 Å². The number of nitrogens with zero attached hydrogens (tertiary/aromatic N) is 4. The molecule has 2 aliphatic heterocycles. The molecule has 0 radical (unpaired) electrons. The molecule has 238 valence electrons. The molecule has 2 saturated heterocycles. The van der Waals surface area contributed by atoms with Gasteiger partial charge < -0.3 is 20.9 Å². The van der Waals surface area contributed by atoms with Crippen LogP contribution in [0.5, 0.6) is 0 Å². The molecule has 0 bridgehead atoms. The van der Waals surface area contributed by atoms with E-state index in [-0.39, 0.29) is 29.5 Å². The Kier molecular flexibility index (Phi) is 10.7. The third-order valence-corrected chi connectivity index (χ3v) is 9.53. The molecule has 11 heteroatoms. The quantitative estimate of drug-likeness (QED) is 0.360. The van der Waals surface area contributed by atoms with E-state index >= 15 is 0 Å². The van der Waals surface area contributed by atoms with Crippen LogP contribution in [0.25, 0.3) is 0 Å². The molecule has 1 aliphatic carbocycles. The number of amides is 4. The molecule has 11 nitrogen and oxygen atoms in total. The van der Waals surface area contributed by atoms with Gasteiger partial charge in [0.15, 0.2) is 0 Å². The van der Waals surface area contributed by atoms with Crippen molar-refractivity contribution in [3.63, 3.8) is 0 Å². The molecule has 0 unspecified atom stereocenters. The van der Waals surface area contributed by atoms with E-state index < -0.39 is 12.1 Å². The molecule has 1 aromatic heterocycles. The summed E-state index contributed by atoms with van der Waals surface area (Å²) in [7, 11) is 1.71. The lowest BCUT2D eigenvalue weighted by Gasteiger charge is -2.39. The fourth-order valence-corrected chi connectivity index (χ4v) is 6.91.